The quantitative estimate of drug-likeness (QED) is 0.359. The second-order valence-corrected chi connectivity index (χ2v) is 8.69. The Morgan fingerprint density at radius 3 is 2.72 bits per heavy atom. The second kappa shape index (κ2) is 6.49. The molecule has 0 radical (unpaired) electrons. The van der Waals surface area contributed by atoms with Gasteiger partial charge in [-0.3, -0.25) is 14.5 Å². The van der Waals surface area contributed by atoms with E-state index in [1.165, 1.54) is 28.4 Å². The van der Waals surface area contributed by atoms with Crippen molar-refractivity contribution in [2.24, 2.45) is 0 Å². The number of esters is 1. The van der Waals surface area contributed by atoms with Gasteiger partial charge in [-0.2, -0.15) is 10.3 Å². The molecule has 1 aromatic heterocycles. The van der Waals surface area contributed by atoms with Crippen LogP contribution in [0.2, 0.25) is 0 Å². The lowest BCUT2D eigenvalue weighted by atomic mass is 10.1. The zero-order valence-electron chi connectivity index (χ0n) is 14.3. The fourth-order valence-electron chi connectivity index (χ4n) is 2.41. The average molecular weight is 382 g/mol. The lowest BCUT2D eigenvalue weighted by Gasteiger charge is -2.43. The molecule has 8 nitrogen and oxygen atoms in total. The van der Waals surface area contributed by atoms with Gasteiger partial charge in [0.05, 0.1) is 5.69 Å². The molecule has 1 atom stereocenters. The number of ether oxygens (including phenoxy) is 1. The van der Waals surface area contributed by atoms with Gasteiger partial charge in [0.15, 0.2) is 5.37 Å². The number of aryl methyl sites for hydroxylation is 1. The summed E-state index contributed by atoms with van der Waals surface area (Å²) >= 11 is 2.77. The molecule has 3 rings (SSSR count). The van der Waals surface area contributed by atoms with E-state index in [0.29, 0.717) is 11.5 Å². The van der Waals surface area contributed by atoms with Gasteiger partial charge >= 0.3 is 5.97 Å². The largest absolute Gasteiger partial charge is 0.455 e. The number of rotatable bonds is 4. The van der Waals surface area contributed by atoms with Crippen molar-refractivity contribution in [3.63, 3.8) is 0 Å². The lowest BCUT2D eigenvalue weighted by molar-refractivity contribution is -0.161. The predicted molar refractivity (Wildman–Crippen MR) is 92.8 cm³/mol. The van der Waals surface area contributed by atoms with E-state index in [-0.39, 0.29) is 5.70 Å². The zero-order chi connectivity index (χ0) is 18.4. The number of fused-ring (bicyclic) bond motifs is 1. The van der Waals surface area contributed by atoms with Crippen molar-refractivity contribution in [3.8, 4) is 0 Å². The van der Waals surface area contributed by atoms with Crippen LogP contribution in [-0.4, -0.2) is 60.5 Å². The van der Waals surface area contributed by atoms with Gasteiger partial charge < -0.3 is 4.74 Å². The first-order valence-electron chi connectivity index (χ1n) is 7.63. The van der Waals surface area contributed by atoms with Crippen molar-refractivity contribution in [2.75, 3.05) is 11.5 Å². The number of β-lactam (4-membered cyclic amide) rings is 1. The summed E-state index contributed by atoms with van der Waals surface area (Å²) in [7, 11) is 0. The topological polar surface area (TPSA) is 105 Å². The van der Waals surface area contributed by atoms with Crippen LogP contribution in [0.15, 0.2) is 16.3 Å². The Hall–Kier alpha value is -1.81. The Kier molecular flexibility index (Phi) is 4.67. The molecule has 0 spiro atoms. The van der Waals surface area contributed by atoms with E-state index < -0.39 is 28.6 Å². The standard InChI is InChI=1S/C15H18N4O4S2/c1-7-11(17-18-16-7)24-5-8-6-25-13-10(20)12(21)19(13)9(8)14(22)23-15(2,3)4/h13H,5-6H2,1-4H3,(H,16,17,18)/t13-/m1/s1. The van der Waals surface area contributed by atoms with Crippen molar-refractivity contribution in [2.45, 2.75) is 43.7 Å². The van der Waals surface area contributed by atoms with E-state index in [4.69, 9.17) is 4.74 Å². The molecule has 2 aliphatic rings. The second-order valence-electron chi connectivity index (χ2n) is 6.66. The summed E-state index contributed by atoms with van der Waals surface area (Å²) in [4.78, 5) is 37.6. The molecule has 1 N–H and O–H groups in total. The molecule has 0 bridgehead atoms. The lowest BCUT2D eigenvalue weighted by Crippen LogP contribution is -2.62. The minimum absolute atomic E-state index is 0.192. The Balaban J connectivity index is 1.88. The number of nitrogens with one attached hydrogen (secondary N) is 1. The first-order chi connectivity index (χ1) is 11.7. The Morgan fingerprint density at radius 2 is 2.12 bits per heavy atom. The van der Waals surface area contributed by atoms with Crippen LogP contribution in [0, 0.1) is 6.92 Å². The Morgan fingerprint density at radius 1 is 1.40 bits per heavy atom. The summed E-state index contributed by atoms with van der Waals surface area (Å²) in [6, 6.07) is 0. The average Bonchev–Trinajstić information content (AvgIpc) is 2.94. The number of nitrogens with zero attached hydrogens (tertiary/aromatic N) is 3. The fourth-order valence-corrected chi connectivity index (χ4v) is 4.65. The third-order valence-electron chi connectivity index (χ3n) is 3.53. The van der Waals surface area contributed by atoms with Gasteiger partial charge in [-0.25, -0.2) is 4.79 Å². The van der Waals surface area contributed by atoms with E-state index in [1.54, 1.807) is 20.8 Å². The third-order valence-corrected chi connectivity index (χ3v) is 5.94. The fraction of sp³-hybridized carbons (Fsp3) is 0.533. The van der Waals surface area contributed by atoms with Crippen LogP contribution < -0.4 is 0 Å². The van der Waals surface area contributed by atoms with Gasteiger partial charge in [0, 0.05) is 11.5 Å². The zero-order valence-corrected chi connectivity index (χ0v) is 15.9. The van der Waals surface area contributed by atoms with Crippen molar-refractivity contribution in [3.05, 3.63) is 17.0 Å². The highest BCUT2D eigenvalue weighted by Gasteiger charge is 2.53. The predicted octanol–water partition coefficient (Wildman–Crippen LogP) is 1.29. The van der Waals surface area contributed by atoms with Crippen LogP contribution >= 0.6 is 23.5 Å². The summed E-state index contributed by atoms with van der Waals surface area (Å²) in [5.74, 6) is -0.757. The first-order valence-corrected chi connectivity index (χ1v) is 9.67. The molecule has 0 unspecified atom stereocenters. The maximum absolute atomic E-state index is 12.7. The highest BCUT2D eigenvalue weighted by atomic mass is 32.2. The summed E-state index contributed by atoms with van der Waals surface area (Å²) in [6.45, 7) is 7.11. The molecule has 1 fully saturated rings. The van der Waals surface area contributed by atoms with Crippen molar-refractivity contribution in [1.82, 2.24) is 20.3 Å². The number of hydrogen-bond acceptors (Lipinski definition) is 8. The number of thioether (sulfide) groups is 2. The molecular formula is C15H18N4O4S2. The van der Waals surface area contributed by atoms with Crippen LogP contribution in [0.5, 0.6) is 0 Å². The van der Waals surface area contributed by atoms with Gasteiger partial charge in [0.2, 0.25) is 0 Å². The number of carbonyl (C=O) groups is 3. The Bertz CT molecular complexity index is 781. The van der Waals surface area contributed by atoms with Crippen molar-refractivity contribution >= 4 is 41.2 Å². The summed E-state index contributed by atoms with van der Waals surface area (Å²) in [5.41, 5.74) is 1.02. The first kappa shape index (κ1) is 18.0. The van der Waals surface area contributed by atoms with Crippen LogP contribution in [-0.2, 0) is 19.1 Å². The maximum Gasteiger partial charge on any atom is 0.355 e. The maximum atomic E-state index is 12.7. The van der Waals surface area contributed by atoms with Crippen LogP contribution in [0.3, 0.4) is 0 Å². The smallest absolute Gasteiger partial charge is 0.355 e. The molecule has 10 heteroatoms. The van der Waals surface area contributed by atoms with Crippen LogP contribution in [0.25, 0.3) is 0 Å². The number of carbonyl (C=O) groups excluding carboxylic acids is 3. The van der Waals surface area contributed by atoms with Crippen LogP contribution in [0.4, 0.5) is 0 Å². The van der Waals surface area contributed by atoms with E-state index in [2.05, 4.69) is 15.4 Å². The van der Waals surface area contributed by atoms with E-state index in [9.17, 15) is 14.4 Å². The molecule has 1 aromatic rings. The molecular weight excluding hydrogens is 364 g/mol. The molecule has 1 saturated heterocycles. The third kappa shape index (κ3) is 3.45. The minimum Gasteiger partial charge on any atom is -0.455 e. The highest BCUT2D eigenvalue weighted by Crippen LogP contribution is 2.40. The van der Waals surface area contributed by atoms with Gasteiger partial charge in [0.25, 0.3) is 11.7 Å². The van der Waals surface area contributed by atoms with E-state index in [0.717, 1.165) is 16.3 Å². The minimum atomic E-state index is -0.691. The number of aromatic amines is 1. The normalized spacial score (nSPS) is 20.5. The number of Topliss-reactive ketones (excluding diaryl/α,β-unsaturated/α-hetero) is 1. The van der Waals surface area contributed by atoms with Crippen LogP contribution in [0.1, 0.15) is 26.5 Å². The Labute approximate surface area is 153 Å². The SMILES string of the molecule is Cc1n[nH]nc1SCC1=C(C(=O)OC(C)(C)C)N2C(=O)C(=O)[C@H]2SC1. The van der Waals surface area contributed by atoms with Crippen molar-refractivity contribution < 1.29 is 19.1 Å². The number of amides is 1. The summed E-state index contributed by atoms with van der Waals surface area (Å²) in [5, 5.41) is 10.7. The summed E-state index contributed by atoms with van der Waals surface area (Å²) in [6.07, 6.45) is 0. The highest BCUT2D eigenvalue weighted by molar-refractivity contribution is 8.01. The summed E-state index contributed by atoms with van der Waals surface area (Å²) < 4.78 is 5.45. The molecule has 25 heavy (non-hydrogen) atoms. The van der Waals surface area contributed by atoms with E-state index >= 15 is 0 Å². The number of hydrogen-bond donors (Lipinski definition) is 1. The number of aromatic nitrogens is 3. The van der Waals surface area contributed by atoms with Gasteiger partial charge in [0.1, 0.15) is 16.3 Å². The molecule has 3 heterocycles. The molecule has 2 aliphatic heterocycles. The number of ketones is 1. The molecule has 1 amide bonds. The van der Waals surface area contributed by atoms with Gasteiger partial charge in [-0.15, -0.1) is 16.9 Å². The molecule has 0 aromatic carbocycles. The number of H-pyrrole nitrogens is 1. The van der Waals surface area contributed by atoms with Gasteiger partial charge in [-0.05, 0) is 33.3 Å². The molecule has 0 aliphatic carbocycles. The molecule has 134 valence electrons. The molecule has 0 saturated carbocycles. The van der Waals surface area contributed by atoms with Crippen molar-refractivity contribution in [1.29, 1.82) is 0 Å². The van der Waals surface area contributed by atoms with E-state index in [1.807, 2.05) is 6.92 Å². The monoisotopic (exact) mass is 382 g/mol. The van der Waals surface area contributed by atoms with Gasteiger partial charge in [-0.1, -0.05) is 11.8 Å².